The van der Waals surface area contributed by atoms with E-state index >= 15 is 0 Å². The minimum absolute atomic E-state index is 0.0310. The Bertz CT molecular complexity index is 353. The molecule has 0 aromatic rings. The van der Waals surface area contributed by atoms with Crippen LogP contribution in [0.25, 0.3) is 0 Å². The maximum atomic E-state index is 14.4. The molecule has 0 heterocycles. The van der Waals surface area contributed by atoms with Crippen molar-refractivity contribution in [2.45, 2.75) is 55.6 Å². The van der Waals surface area contributed by atoms with Crippen LogP contribution in [0.3, 0.4) is 0 Å². The van der Waals surface area contributed by atoms with Crippen molar-refractivity contribution in [2.24, 2.45) is 0 Å². The first-order chi connectivity index (χ1) is 9.61. The van der Waals surface area contributed by atoms with E-state index in [-0.39, 0.29) is 32.5 Å². The summed E-state index contributed by atoms with van der Waals surface area (Å²) in [7, 11) is 1.09. The lowest BCUT2D eigenvalue weighted by molar-refractivity contribution is -0.0989. The second kappa shape index (κ2) is 9.60. The number of rotatable bonds is 11. The Hall–Kier alpha value is 0.505. The summed E-state index contributed by atoms with van der Waals surface area (Å²) in [5.41, 5.74) is 0. The van der Waals surface area contributed by atoms with Crippen LogP contribution in [0.4, 0.5) is 4.39 Å². The second-order valence-electron chi connectivity index (χ2n) is 4.56. The number of aliphatic hydroxyl groups is 2. The van der Waals surface area contributed by atoms with E-state index in [0.29, 0.717) is 0 Å². The van der Waals surface area contributed by atoms with Crippen LogP contribution in [0.2, 0.25) is 0 Å². The molecule has 0 aliphatic rings. The maximum absolute atomic E-state index is 14.4. The predicted octanol–water partition coefficient (Wildman–Crippen LogP) is 1.65. The van der Waals surface area contributed by atoms with Gasteiger partial charge >= 0.3 is 7.60 Å². The SMILES string of the molecule is [B][C@H](OCCC(F)(CC)OP(=O)(O)C(O)CC)[C@H](Br)CO. The Kier molecular flexibility index (Phi) is 9.83. The van der Waals surface area contributed by atoms with Crippen LogP contribution in [0.15, 0.2) is 0 Å². The van der Waals surface area contributed by atoms with Gasteiger partial charge < -0.3 is 19.8 Å². The highest BCUT2D eigenvalue weighted by Gasteiger charge is 2.41. The van der Waals surface area contributed by atoms with Gasteiger partial charge in [0.2, 0.25) is 5.85 Å². The molecule has 6 nitrogen and oxygen atoms in total. The van der Waals surface area contributed by atoms with Gasteiger partial charge in [-0.2, -0.15) is 0 Å². The molecule has 0 saturated carbocycles. The Morgan fingerprint density at radius 3 is 2.48 bits per heavy atom. The zero-order valence-corrected chi connectivity index (χ0v) is 14.6. The maximum Gasteiger partial charge on any atom is 0.359 e. The average Bonchev–Trinajstić information content (AvgIpc) is 2.44. The van der Waals surface area contributed by atoms with E-state index in [1.54, 1.807) is 0 Å². The smallest absolute Gasteiger partial charge is 0.359 e. The Morgan fingerprint density at radius 2 is 2.05 bits per heavy atom. The van der Waals surface area contributed by atoms with Crippen molar-refractivity contribution in [3.63, 3.8) is 0 Å². The van der Waals surface area contributed by atoms with Crippen molar-refractivity contribution in [2.75, 3.05) is 13.2 Å². The van der Waals surface area contributed by atoms with E-state index in [0.717, 1.165) is 0 Å². The van der Waals surface area contributed by atoms with Gasteiger partial charge in [0.05, 0.1) is 18.0 Å². The van der Waals surface area contributed by atoms with Crippen molar-refractivity contribution in [3.8, 4) is 0 Å². The van der Waals surface area contributed by atoms with E-state index in [9.17, 15) is 19.0 Å². The van der Waals surface area contributed by atoms with E-state index < -0.39 is 30.1 Å². The van der Waals surface area contributed by atoms with Crippen LogP contribution in [-0.4, -0.2) is 58.7 Å². The first kappa shape index (κ1) is 21.5. The molecule has 0 rings (SSSR count). The average molecular weight is 391 g/mol. The lowest BCUT2D eigenvalue weighted by Gasteiger charge is -2.29. The van der Waals surface area contributed by atoms with Crippen LogP contribution < -0.4 is 0 Å². The van der Waals surface area contributed by atoms with Gasteiger partial charge in [0.15, 0.2) is 5.85 Å². The first-order valence-corrected chi connectivity index (χ1v) is 9.20. The number of alkyl halides is 2. The van der Waals surface area contributed by atoms with Gasteiger partial charge in [-0.1, -0.05) is 29.8 Å². The largest absolute Gasteiger partial charge is 0.395 e. The molecular formula is C11H22BBrFO6P. The molecule has 0 saturated heterocycles. The van der Waals surface area contributed by atoms with Crippen LogP contribution in [0.5, 0.6) is 0 Å². The van der Waals surface area contributed by atoms with Crippen LogP contribution in [-0.2, 0) is 13.8 Å². The fourth-order valence-corrected chi connectivity index (χ4v) is 2.79. The number of hydrogen-bond donors (Lipinski definition) is 3. The van der Waals surface area contributed by atoms with E-state index in [1.165, 1.54) is 13.8 Å². The molecule has 10 heteroatoms. The second-order valence-corrected chi connectivity index (χ2v) is 7.65. The molecule has 3 unspecified atom stereocenters. The minimum atomic E-state index is -4.47. The molecule has 0 bridgehead atoms. The quantitative estimate of drug-likeness (QED) is 0.282. The molecule has 3 N–H and O–H groups in total. The number of ether oxygens (including phenoxy) is 1. The summed E-state index contributed by atoms with van der Waals surface area (Å²) in [5.74, 6) is -4.04. The van der Waals surface area contributed by atoms with E-state index in [1.807, 2.05) is 0 Å². The van der Waals surface area contributed by atoms with Gasteiger partial charge in [0.25, 0.3) is 0 Å². The normalized spacial score (nSPS) is 22.0. The summed E-state index contributed by atoms with van der Waals surface area (Å²) in [4.78, 5) is 9.02. The Morgan fingerprint density at radius 1 is 1.48 bits per heavy atom. The minimum Gasteiger partial charge on any atom is -0.395 e. The molecule has 0 aliphatic carbocycles. The molecular weight excluding hydrogens is 369 g/mol. The summed E-state index contributed by atoms with van der Waals surface area (Å²) in [6.45, 7) is 2.51. The summed E-state index contributed by atoms with van der Waals surface area (Å²) < 4.78 is 35.8. The van der Waals surface area contributed by atoms with Crippen molar-refractivity contribution in [1.82, 2.24) is 0 Å². The fraction of sp³-hybridized carbons (Fsp3) is 1.00. The molecule has 0 amide bonds. The first-order valence-electron chi connectivity index (χ1n) is 6.64. The third-order valence-electron chi connectivity index (χ3n) is 2.88. The van der Waals surface area contributed by atoms with Crippen molar-refractivity contribution < 1.29 is 33.3 Å². The van der Waals surface area contributed by atoms with Gasteiger partial charge in [0, 0.05) is 18.8 Å². The predicted molar refractivity (Wildman–Crippen MR) is 81.2 cm³/mol. The molecule has 2 radical (unpaired) electrons. The number of hydrogen-bond acceptors (Lipinski definition) is 5. The zero-order chi connectivity index (χ0) is 16.7. The van der Waals surface area contributed by atoms with Crippen molar-refractivity contribution in [1.29, 1.82) is 0 Å². The monoisotopic (exact) mass is 390 g/mol. The summed E-state index contributed by atoms with van der Waals surface area (Å²) in [5, 5.41) is 18.2. The molecule has 124 valence electrons. The zero-order valence-electron chi connectivity index (χ0n) is 12.1. The van der Waals surface area contributed by atoms with Gasteiger partial charge in [-0.15, -0.1) is 0 Å². The Balaban J connectivity index is 4.51. The third kappa shape index (κ3) is 7.55. The fourth-order valence-electron chi connectivity index (χ4n) is 1.37. The van der Waals surface area contributed by atoms with Crippen molar-refractivity contribution >= 4 is 31.4 Å². The summed E-state index contributed by atoms with van der Waals surface area (Å²) in [6.07, 6.45) is -0.551. The molecule has 0 spiro atoms. The topological polar surface area (TPSA) is 96.2 Å². The molecule has 0 fully saturated rings. The molecule has 21 heavy (non-hydrogen) atoms. The Labute approximate surface area is 134 Å². The molecule has 5 atom stereocenters. The molecule has 0 aromatic heterocycles. The van der Waals surface area contributed by atoms with Gasteiger partial charge in [-0.25, -0.2) is 4.39 Å². The van der Waals surface area contributed by atoms with Crippen LogP contribution in [0.1, 0.15) is 33.1 Å². The standard InChI is InChI=1S/C11H22BBrFO6P/c1-3-9(16)21(17,18)20-11(14,4-2)5-6-19-10(12)8(13)7-15/h8-10,15-16H,3-7H2,1-2H3,(H,17,18)/t8-,9?,10-,11?/m1/s1. The van der Waals surface area contributed by atoms with E-state index in [2.05, 4.69) is 20.5 Å². The third-order valence-corrected chi connectivity index (χ3v) is 5.40. The summed E-state index contributed by atoms with van der Waals surface area (Å²) in [6, 6.07) is -0.849. The molecule has 0 aliphatic heterocycles. The van der Waals surface area contributed by atoms with Crippen molar-refractivity contribution in [3.05, 3.63) is 0 Å². The van der Waals surface area contributed by atoms with Crippen LogP contribution >= 0.6 is 23.5 Å². The lowest BCUT2D eigenvalue weighted by atomic mass is 9.97. The van der Waals surface area contributed by atoms with Gasteiger partial charge in [0.1, 0.15) is 7.85 Å². The highest BCUT2D eigenvalue weighted by molar-refractivity contribution is 9.09. The summed E-state index contributed by atoms with van der Waals surface area (Å²) >= 11 is 3.07. The highest BCUT2D eigenvalue weighted by Crippen LogP contribution is 2.52. The number of halogens is 2. The van der Waals surface area contributed by atoms with E-state index in [4.69, 9.17) is 17.7 Å². The lowest BCUT2D eigenvalue weighted by Crippen LogP contribution is -2.32. The van der Waals surface area contributed by atoms with Crippen LogP contribution in [0, 0.1) is 0 Å². The number of aliphatic hydroxyl groups excluding tert-OH is 2. The van der Waals surface area contributed by atoms with Gasteiger partial charge in [-0.3, -0.25) is 9.09 Å². The molecule has 0 aromatic carbocycles. The highest BCUT2D eigenvalue weighted by atomic mass is 79.9. The van der Waals surface area contributed by atoms with Gasteiger partial charge in [-0.05, 0) is 6.42 Å².